The smallest absolute Gasteiger partial charge is 0.232 e. The molecule has 0 bridgehead atoms. The lowest BCUT2D eigenvalue weighted by Crippen LogP contribution is -2.20. The van der Waals surface area contributed by atoms with Crippen LogP contribution in [0.4, 0.5) is 0 Å². The number of nitrogens with one attached hydrogen (secondary N) is 1. The van der Waals surface area contributed by atoms with Crippen LogP contribution < -0.4 is 10.1 Å². The molecule has 1 aliphatic heterocycles. The lowest BCUT2D eigenvalue weighted by Gasteiger charge is -2.12. The maximum atomic E-state index is 5.76. The Morgan fingerprint density at radius 1 is 1.50 bits per heavy atom. The first-order valence-corrected chi connectivity index (χ1v) is 5.92. The zero-order valence-electron chi connectivity index (χ0n) is 9.94. The van der Waals surface area contributed by atoms with Gasteiger partial charge in [-0.1, -0.05) is 13.8 Å². The van der Waals surface area contributed by atoms with Gasteiger partial charge in [0.25, 0.3) is 0 Å². The van der Waals surface area contributed by atoms with Crippen molar-refractivity contribution in [2.45, 2.75) is 32.8 Å². The summed E-state index contributed by atoms with van der Waals surface area (Å²) in [6, 6.07) is 0. The fraction of sp³-hybridized carbons (Fsp3) is 0.667. The van der Waals surface area contributed by atoms with Gasteiger partial charge in [0, 0.05) is 12.7 Å². The molecule has 4 nitrogen and oxygen atoms in total. The molecule has 2 rings (SSSR count). The predicted octanol–water partition coefficient (Wildman–Crippen LogP) is 1.42. The minimum absolute atomic E-state index is 0.253. The van der Waals surface area contributed by atoms with Crippen molar-refractivity contribution >= 4 is 0 Å². The highest BCUT2D eigenvalue weighted by atomic mass is 16.5. The molecule has 0 saturated carbocycles. The van der Waals surface area contributed by atoms with E-state index in [0.717, 1.165) is 31.6 Å². The molecule has 88 valence electrons. The number of hydrogen-bond acceptors (Lipinski definition) is 4. The van der Waals surface area contributed by atoms with Crippen LogP contribution in [0, 0.1) is 5.92 Å². The normalized spacial score (nSPS) is 20.3. The van der Waals surface area contributed by atoms with Gasteiger partial charge in [-0.3, -0.25) is 4.98 Å². The second-order valence-electron chi connectivity index (χ2n) is 4.68. The van der Waals surface area contributed by atoms with Crippen LogP contribution in [-0.2, 0) is 6.42 Å². The second-order valence-corrected chi connectivity index (χ2v) is 4.68. The van der Waals surface area contributed by atoms with Crippen molar-refractivity contribution in [3.8, 4) is 5.88 Å². The van der Waals surface area contributed by atoms with Crippen LogP contribution in [0.3, 0.4) is 0 Å². The predicted molar refractivity (Wildman–Crippen MR) is 62.5 cm³/mol. The Kier molecular flexibility index (Phi) is 3.72. The lowest BCUT2D eigenvalue weighted by molar-refractivity contribution is 0.212. The first kappa shape index (κ1) is 11.3. The van der Waals surface area contributed by atoms with Crippen LogP contribution >= 0.6 is 0 Å². The highest BCUT2D eigenvalue weighted by molar-refractivity contribution is 5.09. The third-order valence-electron chi connectivity index (χ3n) is 2.58. The molecule has 2 heterocycles. The Morgan fingerprint density at radius 3 is 3.06 bits per heavy atom. The Bertz CT molecular complexity index is 335. The molecule has 4 heteroatoms. The van der Waals surface area contributed by atoms with E-state index in [4.69, 9.17) is 4.74 Å². The average Bonchev–Trinajstić information content (AvgIpc) is 2.70. The Labute approximate surface area is 96.4 Å². The number of nitrogens with zero attached hydrogens (tertiary/aromatic N) is 2. The van der Waals surface area contributed by atoms with E-state index in [9.17, 15) is 0 Å². The standard InChI is InChI=1S/C12H19N3O/c1-9(2)5-10-6-14-8-12(15-10)16-11-3-4-13-7-11/h6,8-9,11,13H,3-5,7H2,1-2H3. The van der Waals surface area contributed by atoms with Gasteiger partial charge in [-0.05, 0) is 25.3 Å². The molecule has 1 atom stereocenters. The van der Waals surface area contributed by atoms with Gasteiger partial charge in [-0.25, -0.2) is 4.98 Å². The minimum Gasteiger partial charge on any atom is -0.472 e. The number of hydrogen-bond donors (Lipinski definition) is 1. The molecule has 1 N–H and O–H groups in total. The van der Waals surface area contributed by atoms with Crippen molar-refractivity contribution in [2.24, 2.45) is 5.92 Å². The molecule has 1 unspecified atom stereocenters. The van der Waals surface area contributed by atoms with Crippen molar-refractivity contribution in [3.05, 3.63) is 18.1 Å². The third kappa shape index (κ3) is 3.17. The first-order chi connectivity index (χ1) is 7.74. The van der Waals surface area contributed by atoms with E-state index in [1.807, 2.05) is 6.20 Å². The second kappa shape index (κ2) is 5.25. The topological polar surface area (TPSA) is 47.0 Å². The average molecular weight is 221 g/mol. The Morgan fingerprint density at radius 2 is 2.38 bits per heavy atom. The molecule has 0 aromatic carbocycles. The van der Waals surface area contributed by atoms with E-state index in [2.05, 4.69) is 29.1 Å². The van der Waals surface area contributed by atoms with Crippen molar-refractivity contribution < 1.29 is 4.74 Å². The van der Waals surface area contributed by atoms with E-state index in [1.54, 1.807) is 6.20 Å². The van der Waals surface area contributed by atoms with Crippen LogP contribution in [0.1, 0.15) is 26.0 Å². The van der Waals surface area contributed by atoms with E-state index < -0.39 is 0 Å². The molecule has 1 saturated heterocycles. The number of ether oxygens (including phenoxy) is 1. The van der Waals surface area contributed by atoms with E-state index in [-0.39, 0.29) is 6.10 Å². The van der Waals surface area contributed by atoms with Gasteiger partial charge in [-0.15, -0.1) is 0 Å². The molecule has 0 aliphatic carbocycles. The maximum Gasteiger partial charge on any atom is 0.232 e. The molecule has 0 amide bonds. The van der Waals surface area contributed by atoms with Crippen LogP contribution in [0.25, 0.3) is 0 Å². The van der Waals surface area contributed by atoms with E-state index >= 15 is 0 Å². The van der Waals surface area contributed by atoms with Gasteiger partial charge < -0.3 is 10.1 Å². The Balaban J connectivity index is 1.97. The lowest BCUT2D eigenvalue weighted by atomic mass is 10.1. The number of rotatable bonds is 4. The van der Waals surface area contributed by atoms with Crippen molar-refractivity contribution in [1.29, 1.82) is 0 Å². The van der Waals surface area contributed by atoms with Crippen LogP contribution in [0.2, 0.25) is 0 Å². The fourth-order valence-corrected chi connectivity index (χ4v) is 1.86. The summed E-state index contributed by atoms with van der Waals surface area (Å²) >= 11 is 0. The highest BCUT2D eigenvalue weighted by Crippen LogP contribution is 2.13. The largest absolute Gasteiger partial charge is 0.472 e. The van der Waals surface area contributed by atoms with Gasteiger partial charge in [0.15, 0.2) is 0 Å². The van der Waals surface area contributed by atoms with Crippen LogP contribution in [0.15, 0.2) is 12.4 Å². The quantitative estimate of drug-likeness (QED) is 0.835. The first-order valence-electron chi connectivity index (χ1n) is 5.92. The SMILES string of the molecule is CC(C)Cc1cncc(OC2CCNC2)n1. The zero-order chi connectivity index (χ0) is 11.4. The van der Waals surface area contributed by atoms with Crippen molar-refractivity contribution in [1.82, 2.24) is 15.3 Å². The van der Waals surface area contributed by atoms with Crippen molar-refractivity contribution in [2.75, 3.05) is 13.1 Å². The third-order valence-corrected chi connectivity index (χ3v) is 2.58. The van der Waals surface area contributed by atoms with Crippen molar-refractivity contribution in [3.63, 3.8) is 0 Å². The summed E-state index contributed by atoms with van der Waals surface area (Å²) < 4.78 is 5.76. The van der Waals surface area contributed by atoms with Gasteiger partial charge in [0.05, 0.1) is 11.9 Å². The molecule has 1 aromatic rings. The summed E-state index contributed by atoms with van der Waals surface area (Å²) in [5.41, 5.74) is 1.01. The molecular weight excluding hydrogens is 202 g/mol. The highest BCUT2D eigenvalue weighted by Gasteiger charge is 2.16. The van der Waals surface area contributed by atoms with Crippen LogP contribution in [0.5, 0.6) is 5.88 Å². The van der Waals surface area contributed by atoms with Crippen LogP contribution in [-0.4, -0.2) is 29.2 Å². The summed E-state index contributed by atoms with van der Waals surface area (Å²) in [5, 5.41) is 3.27. The van der Waals surface area contributed by atoms with Gasteiger partial charge >= 0.3 is 0 Å². The number of aromatic nitrogens is 2. The molecular formula is C12H19N3O. The summed E-state index contributed by atoms with van der Waals surface area (Å²) in [4.78, 5) is 8.64. The molecule has 0 radical (unpaired) electrons. The summed E-state index contributed by atoms with van der Waals surface area (Å²) in [5.74, 6) is 1.25. The van der Waals surface area contributed by atoms with Gasteiger partial charge in [0.2, 0.25) is 5.88 Å². The maximum absolute atomic E-state index is 5.76. The fourth-order valence-electron chi connectivity index (χ4n) is 1.86. The monoisotopic (exact) mass is 221 g/mol. The Hall–Kier alpha value is -1.16. The molecule has 1 fully saturated rings. The molecule has 16 heavy (non-hydrogen) atoms. The summed E-state index contributed by atoms with van der Waals surface area (Å²) in [7, 11) is 0. The summed E-state index contributed by atoms with van der Waals surface area (Å²) in [6.07, 6.45) is 5.77. The van der Waals surface area contributed by atoms with E-state index in [0.29, 0.717) is 11.8 Å². The zero-order valence-corrected chi connectivity index (χ0v) is 9.94. The van der Waals surface area contributed by atoms with Gasteiger partial charge in [0.1, 0.15) is 6.10 Å². The summed E-state index contributed by atoms with van der Waals surface area (Å²) in [6.45, 7) is 6.30. The minimum atomic E-state index is 0.253. The molecule has 1 aliphatic rings. The van der Waals surface area contributed by atoms with Gasteiger partial charge in [-0.2, -0.15) is 0 Å². The molecule has 0 spiro atoms. The molecule has 1 aromatic heterocycles. The van der Waals surface area contributed by atoms with E-state index in [1.165, 1.54) is 0 Å².